The van der Waals surface area contributed by atoms with E-state index in [0.717, 1.165) is 25.9 Å². The maximum atomic E-state index is 11.9. The van der Waals surface area contributed by atoms with Crippen LogP contribution in [-0.4, -0.2) is 36.3 Å². The maximum absolute atomic E-state index is 11.9. The van der Waals surface area contributed by atoms with Gasteiger partial charge in [0, 0.05) is 26.1 Å². The third kappa shape index (κ3) is 5.16. The molecule has 0 aromatic carbocycles. The number of nitrogens with zero attached hydrogens (tertiary/aromatic N) is 1. The second-order valence-corrected chi connectivity index (χ2v) is 4.36. The van der Waals surface area contributed by atoms with E-state index >= 15 is 0 Å². The summed E-state index contributed by atoms with van der Waals surface area (Å²) in [5.74, 6) is 0.0743. The number of nitrogens with one attached hydrogen (secondary N) is 1. The van der Waals surface area contributed by atoms with E-state index in [9.17, 15) is 9.59 Å². The third-order valence-electron chi connectivity index (χ3n) is 2.71. The highest BCUT2D eigenvalue weighted by Gasteiger charge is 2.13. The highest BCUT2D eigenvalue weighted by molar-refractivity contribution is 5.91. The molecule has 106 valence electrons. The molecule has 5 heteroatoms. The van der Waals surface area contributed by atoms with Gasteiger partial charge in [-0.1, -0.05) is 13.8 Å². The first kappa shape index (κ1) is 15.3. The van der Waals surface area contributed by atoms with E-state index in [1.807, 2.05) is 4.90 Å². The van der Waals surface area contributed by atoms with Crippen LogP contribution in [0.15, 0.2) is 22.8 Å². The summed E-state index contributed by atoms with van der Waals surface area (Å²) >= 11 is 0. The van der Waals surface area contributed by atoms with E-state index in [1.165, 1.54) is 6.26 Å². The molecule has 1 rings (SSSR count). The van der Waals surface area contributed by atoms with E-state index in [1.54, 1.807) is 12.1 Å². The van der Waals surface area contributed by atoms with Crippen molar-refractivity contribution in [2.45, 2.75) is 33.1 Å². The molecule has 0 aliphatic carbocycles. The van der Waals surface area contributed by atoms with Crippen molar-refractivity contribution in [2.24, 2.45) is 0 Å². The van der Waals surface area contributed by atoms with Gasteiger partial charge >= 0.3 is 0 Å². The van der Waals surface area contributed by atoms with Crippen LogP contribution in [0, 0.1) is 0 Å². The van der Waals surface area contributed by atoms with Crippen LogP contribution in [0.1, 0.15) is 43.7 Å². The van der Waals surface area contributed by atoms with Crippen molar-refractivity contribution in [3.05, 3.63) is 24.2 Å². The fourth-order valence-electron chi connectivity index (χ4n) is 1.84. The molecule has 0 aliphatic heterocycles. The summed E-state index contributed by atoms with van der Waals surface area (Å²) in [4.78, 5) is 25.4. The SMILES string of the molecule is CCCN(CCC)C(=O)CCNC(=O)c1ccco1. The molecule has 0 saturated heterocycles. The number of rotatable bonds is 8. The van der Waals surface area contributed by atoms with Crippen molar-refractivity contribution in [1.82, 2.24) is 10.2 Å². The van der Waals surface area contributed by atoms with Crippen LogP contribution in [0.25, 0.3) is 0 Å². The van der Waals surface area contributed by atoms with E-state index in [2.05, 4.69) is 19.2 Å². The monoisotopic (exact) mass is 266 g/mol. The van der Waals surface area contributed by atoms with Gasteiger partial charge in [0.25, 0.3) is 5.91 Å². The van der Waals surface area contributed by atoms with Gasteiger partial charge in [-0.25, -0.2) is 0 Å². The van der Waals surface area contributed by atoms with Crippen LogP contribution < -0.4 is 5.32 Å². The van der Waals surface area contributed by atoms with Gasteiger partial charge in [0.1, 0.15) is 0 Å². The van der Waals surface area contributed by atoms with Gasteiger partial charge in [-0.05, 0) is 25.0 Å². The molecule has 0 saturated carbocycles. The lowest BCUT2D eigenvalue weighted by molar-refractivity contribution is -0.131. The lowest BCUT2D eigenvalue weighted by atomic mass is 10.3. The summed E-state index contributed by atoms with van der Waals surface area (Å²) in [5.41, 5.74) is 0. The molecule has 0 radical (unpaired) electrons. The minimum absolute atomic E-state index is 0.0865. The van der Waals surface area contributed by atoms with Crippen molar-refractivity contribution in [3.63, 3.8) is 0 Å². The fraction of sp³-hybridized carbons (Fsp3) is 0.571. The number of carbonyl (C=O) groups excluding carboxylic acids is 2. The van der Waals surface area contributed by atoms with Gasteiger partial charge in [-0.2, -0.15) is 0 Å². The Morgan fingerprint density at radius 2 is 1.95 bits per heavy atom. The maximum Gasteiger partial charge on any atom is 0.286 e. The van der Waals surface area contributed by atoms with Gasteiger partial charge in [-0.15, -0.1) is 0 Å². The minimum Gasteiger partial charge on any atom is -0.459 e. The molecule has 5 nitrogen and oxygen atoms in total. The highest BCUT2D eigenvalue weighted by Crippen LogP contribution is 2.00. The molecule has 0 atom stereocenters. The second kappa shape index (κ2) is 8.34. The first-order chi connectivity index (χ1) is 9.19. The van der Waals surface area contributed by atoms with Crippen molar-refractivity contribution < 1.29 is 14.0 Å². The standard InChI is InChI=1S/C14H22N2O3/c1-3-9-16(10-4-2)13(17)7-8-15-14(18)12-6-5-11-19-12/h5-6,11H,3-4,7-10H2,1-2H3,(H,15,18). The highest BCUT2D eigenvalue weighted by atomic mass is 16.3. The van der Waals surface area contributed by atoms with Crippen LogP contribution >= 0.6 is 0 Å². The van der Waals surface area contributed by atoms with E-state index < -0.39 is 0 Å². The number of amides is 2. The zero-order valence-electron chi connectivity index (χ0n) is 11.6. The van der Waals surface area contributed by atoms with Gasteiger partial charge in [0.05, 0.1) is 6.26 Å². The Bertz CT molecular complexity index is 381. The molecular weight excluding hydrogens is 244 g/mol. The van der Waals surface area contributed by atoms with Crippen LogP contribution in [0.4, 0.5) is 0 Å². The summed E-state index contributed by atoms with van der Waals surface area (Å²) < 4.78 is 4.97. The van der Waals surface area contributed by atoms with Crippen molar-refractivity contribution in [3.8, 4) is 0 Å². The molecule has 2 amide bonds. The van der Waals surface area contributed by atoms with Gasteiger partial charge in [0.15, 0.2) is 5.76 Å². The van der Waals surface area contributed by atoms with Crippen LogP contribution in [0.2, 0.25) is 0 Å². The molecule has 19 heavy (non-hydrogen) atoms. The number of hydrogen-bond donors (Lipinski definition) is 1. The van der Waals surface area contributed by atoms with Crippen molar-refractivity contribution >= 4 is 11.8 Å². The fourth-order valence-corrected chi connectivity index (χ4v) is 1.84. The van der Waals surface area contributed by atoms with Crippen LogP contribution in [-0.2, 0) is 4.79 Å². The van der Waals surface area contributed by atoms with E-state index in [-0.39, 0.29) is 17.6 Å². The largest absolute Gasteiger partial charge is 0.459 e. The number of furan rings is 1. The molecule has 0 unspecified atom stereocenters. The van der Waals surface area contributed by atoms with Crippen LogP contribution in [0.5, 0.6) is 0 Å². The molecule has 1 heterocycles. The Balaban J connectivity index is 2.31. The van der Waals surface area contributed by atoms with E-state index in [0.29, 0.717) is 13.0 Å². The first-order valence-electron chi connectivity index (χ1n) is 6.78. The molecule has 0 aliphatic rings. The lowest BCUT2D eigenvalue weighted by Gasteiger charge is -2.21. The quantitative estimate of drug-likeness (QED) is 0.783. The van der Waals surface area contributed by atoms with Gasteiger partial charge < -0.3 is 14.6 Å². The average Bonchev–Trinajstić information content (AvgIpc) is 2.92. The lowest BCUT2D eigenvalue weighted by Crippen LogP contribution is -2.35. The Kier molecular flexibility index (Phi) is 6.71. The Morgan fingerprint density at radius 3 is 2.47 bits per heavy atom. The average molecular weight is 266 g/mol. The Labute approximate surface area is 114 Å². The predicted octanol–water partition coefficient (Wildman–Crippen LogP) is 2.05. The van der Waals surface area contributed by atoms with Gasteiger partial charge in [0.2, 0.25) is 5.91 Å². The molecule has 0 spiro atoms. The zero-order chi connectivity index (χ0) is 14.1. The smallest absolute Gasteiger partial charge is 0.286 e. The van der Waals surface area contributed by atoms with Gasteiger partial charge in [-0.3, -0.25) is 9.59 Å². The summed E-state index contributed by atoms with van der Waals surface area (Å²) in [7, 11) is 0. The van der Waals surface area contributed by atoms with E-state index in [4.69, 9.17) is 4.42 Å². The third-order valence-corrected chi connectivity index (χ3v) is 2.71. The molecule has 1 N–H and O–H groups in total. The normalized spacial score (nSPS) is 10.2. The summed E-state index contributed by atoms with van der Waals surface area (Å²) in [6.45, 7) is 5.99. The minimum atomic E-state index is -0.282. The summed E-state index contributed by atoms with van der Waals surface area (Å²) in [6, 6.07) is 3.25. The van der Waals surface area contributed by atoms with Crippen molar-refractivity contribution in [2.75, 3.05) is 19.6 Å². The first-order valence-corrected chi connectivity index (χ1v) is 6.78. The molecule has 1 aromatic rings. The number of carbonyl (C=O) groups is 2. The topological polar surface area (TPSA) is 62.6 Å². The Morgan fingerprint density at radius 1 is 1.26 bits per heavy atom. The molecular formula is C14H22N2O3. The summed E-state index contributed by atoms with van der Waals surface area (Å²) in [5, 5.41) is 2.67. The zero-order valence-corrected chi connectivity index (χ0v) is 11.6. The predicted molar refractivity (Wildman–Crippen MR) is 72.8 cm³/mol. The van der Waals surface area contributed by atoms with Crippen LogP contribution in [0.3, 0.4) is 0 Å². The molecule has 0 bridgehead atoms. The Hall–Kier alpha value is -1.78. The number of hydrogen-bond acceptors (Lipinski definition) is 3. The molecule has 1 aromatic heterocycles. The summed E-state index contributed by atoms with van der Waals surface area (Å²) in [6.07, 6.45) is 3.67. The molecule has 0 fully saturated rings. The second-order valence-electron chi connectivity index (χ2n) is 4.36. The van der Waals surface area contributed by atoms with Crippen molar-refractivity contribution in [1.29, 1.82) is 0 Å².